The van der Waals surface area contributed by atoms with E-state index in [1.165, 1.54) is 17.5 Å². The fourth-order valence-corrected chi connectivity index (χ4v) is 3.12. The van der Waals surface area contributed by atoms with E-state index in [4.69, 9.17) is 4.74 Å². The summed E-state index contributed by atoms with van der Waals surface area (Å²) in [6.07, 6.45) is 4.43. The number of aryl methyl sites for hydroxylation is 1. The fraction of sp³-hybridized carbons (Fsp3) is 0.611. The standard InChI is InChI=1S/C18H27NO2/c1-14(2)18-8-7-17(12-15(18)3)21-11-10-19-9-5-4-6-16(19)13-20/h7-8,12-14,16H,4-6,9-11H2,1-3H3. The van der Waals surface area contributed by atoms with Crippen LogP contribution in [0, 0.1) is 6.92 Å². The van der Waals surface area contributed by atoms with Crippen LogP contribution in [0.4, 0.5) is 0 Å². The Kier molecular flexibility index (Phi) is 5.80. The Morgan fingerprint density at radius 1 is 1.38 bits per heavy atom. The Morgan fingerprint density at radius 2 is 2.19 bits per heavy atom. The molecule has 1 aliphatic rings. The first-order valence-electron chi connectivity index (χ1n) is 8.04. The Bertz CT molecular complexity index is 470. The smallest absolute Gasteiger partial charge is 0.137 e. The van der Waals surface area contributed by atoms with Crippen molar-refractivity contribution in [3.8, 4) is 5.75 Å². The third kappa shape index (κ3) is 4.31. The molecule has 116 valence electrons. The SMILES string of the molecule is Cc1cc(OCCN2CCCCC2C=O)ccc1C(C)C. The Balaban J connectivity index is 1.85. The number of carbonyl (C=O) groups excluding carboxylic acids is 1. The van der Waals surface area contributed by atoms with E-state index in [1.54, 1.807) is 0 Å². The van der Waals surface area contributed by atoms with E-state index in [2.05, 4.69) is 43.9 Å². The maximum Gasteiger partial charge on any atom is 0.137 e. The highest BCUT2D eigenvalue weighted by molar-refractivity contribution is 5.57. The molecule has 1 heterocycles. The first-order valence-corrected chi connectivity index (χ1v) is 8.04. The van der Waals surface area contributed by atoms with Gasteiger partial charge in [-0.1, -0.05) is 26.3 Å². The van der Waals surface area contributed by atoms with Crippen molar-refractivity contribution >= 4 is 6.29 Å². The predicted molar refractivity (Wildman–Crippen MR) is 86.0 cm³/mol. The van der Waals surface area contributed by atoms with Crippen LogP contribution in [0.5, 0.6) is 5.75 Å². The highest BCUT2D eigenvalue weighted by Gasteiger charge is 2.21. The molecule has 3 heteroatoms. The van der Waals surface area contributed by atoms with Gasteiger partial charge in [0.05, 0.1) is 6.04 Å². The first-order chi connectivity index (χ1) is 10.1. The topological polar surface area (TPSA) is 29.5 Å². The van der Waals surface area contributed by atoms with Crippen molar-refractivity contribution in [2.45, 2.75) is 52.0 Å². The summed E-state index contributed by atoms with van der Waals surface area (Å²) >= 11 is 0. The van der Waals surface area contributed by atoms with Gasteiger partial charge in [-0.05, 0) is 55.5 Å². The maximum atomic E-state index is 11.1. The largest absolute Gasteiger partial charge is 0.492 e. The minimum atomic E-state index is 0.0902. The Labute approximate surface area is 128 Å². The molecule has 1 saturated heterocycles. The van der Waals surface area contributed by atoms with Gasteiger partial charge in [-0.3, -0.25) is 4.90 Å². The highest BCUT2D eigenvalue weighted by Crippen LogP contribution is 2.23. The molecule has 3 nitrogen and oxygen atoms in total. The number of benzene rings is 1. The molecule has 1 fully saturated rings. The molecule has 1 unspecified atom stereocenters. The predicted octanol–water partition coefficient (Wildman–Crippen LogP) is 3.55. The van der Waals surface area contributed by atoms with Crippen LogP contribution in [0.25, 0.3) is 0 Å². The van der Waals surface area contributed by atoms with Crippen LogP contribution in [-0.2, 0) is 4.79 Å². The molecule has 0 N–H and O–H groups in total. The number of aldehydes is 1. The summed E-state index contributed by atoms with van der Waals surface area (Å²) < 4.78 is 5.86. The van der Waals surface area contributed by atoms with Gasteiger partial charge in [0.1, 0.15) is 18.6 Å². The van der Waals surface area contributed by atoms with Crippen molar-refractivity contribution in [3.63, 3.8) is 0 Å². The van der Waals surface area contributed by atoms with Crippen molar-refractivity contribution in [3.05, 3.63) is 29.3 Å². The lowest BCUT2D eigenvalue weighted by Gasteiger charge is -2.31. The van der Waals surface area contributed by atoms with Gasteiger partial charge >= 0.3 is 0 Å². The lowest BCUT2D eigenvalue weighted by molar-refractivity contribution is -0.113. The lowest BCUT2D eigenvalue weighted by Crippen LogP contribution is -2.42. The van der Waals surface area contributed by atoms with Gasteiger partial charge in [0.15, 0.2) is 0 Å². The summed E-state index contributed by atoms with van der Waals surface area (Å²) in [6, 6.07) is 6.41. The maximum absolute atomic E-state index is 11.1. The molecule has 21 heavy (non-hydrogen) atoms. The molecular weight excluding hydrogens is 262 g/mol. The summed E-state index contributed by atoms with van der Waals surface area (Å²) in [5.41, 5.74) is 2.66. The van der Waals surface area contributed by atoms with E-state index < -0.39 is 0 Å². The average Bonchev–Trinajstić information content (AvgIpc) is 2.47. The zero-order valence-electron chi connectivity index (χ0n) is 13.5. The van der Waals surface area contributed by atoms with E-state index in [9.17, 15) is 4.79 Å². The lowest BCUT2D eigenvalue weighted by atomic mass is 9.98. The van der Waals surface area contributed by atoms with Crippen LogP contribution in [-0.4, -0.2) is 36.9 Å². The number of likely N-dealkylation sites (tertiary alicyclic amines) is 1. The van der Waals surface area contributed by atoms with Crippen molar-refractivity contribution < 1.29 is 9.53 Å². The molecule has 0 radical (unpaired) electrons. The van der Waals surface area contributed by atoms with E-state index >= 15 is 0 Å². The third-order valence-corrected chi connectivity index (χ3v) is 4.33. The molecule has 0 amide bonds. The molecule has 1 aromatic rings. The van der Waals surface area contributed by atoms with E-state index in [-0.39, 0.29) is 6.04 Å². The summed E-state index contributed by atoms with van der Waals surface area (Å²) in [5, 5.41) is 0. The number of nitrogens with zero attached hydrogens (tertiary/aromatic N) is 1. The first kappa shape index (κ1) is 16.0. The van der Waals surface area contributed by atoms with Crippen LogP contribution >= 0.6 is 0 Å². The van der Waals surface area contributed by atoms with Gasteiger partial charge in [-0.15, -0.1) is 0 Å². The third-order valence-electron chi connectivity index (χ3n) is 4.33. The molecule has 1 aromatic carbocycles. The molecule has 0 aliphatic carbocycles. The van der Waals surface area contributed by atoms with Gasteiger partial charge in [-0.25, -0.2) is 0 Å². The molecule has 0 aromatic heterocycles. The quantitative estimate of drug-likeness (QED) is 0.750. The zero-order chi connectivity index (χ0) is 15.2. The van der Waals surface area contributed by atoms with Crippen molar-refractivity contribution in [2.24, 2.45) is 0 Å². The van der Waals surface area contributed by atoms with Crippen LogP contribution in [0.1, 0.15) is 50.2 Å². The van der Waals surface area contributed by atoms with Crippen LogP contribution in [0.3, 0.4) is 0 Å². The molecule has 0 bridgehead atoms. The summed E-state index contributed by atoms with van der Waals surface area (Å²) in [7, 11) is 0. The zero-order valence-corrected chi connectivity index (χ0v) is 13.5. The van der Waals surface area contributed by atoms with Crippen LogP contribution < -0.4 is 4.74 Å². The molecule has 1 atom stereocenters. The number of hydrogen-bond acceptors (Lipinski definition) is 3. The number of hydrogen-bond donors (Lipinski definition) is 0. The van der Waals surface area contributed by atoms with Crippen molar-refractivity contribution in [1.82, 2.24) is 4.90 Å². The fourth-order valence-electron chi connectivity index (χ4n) is 3.12. The van der Waals surface area contributed by atoms with Crippen LogP contribution in [0.15, 0.2) is 18.2 Å². The number of ether oxygens (including phenoxy) is 1. The Morgan fingerprint density at radius 3 is 2.86 bits per heavy atom. The second-order valence-corrected chi connectivity index (χ2v) is 6.26. The molecule has 0 spiro atoms. The summed E-state index contributed by atoms with van der Waals surface area (Å²) in [6.45, 7) is 9.03. The molecule has 2 rings (SSSR count). The van der Waals surface area contributed by atoms with Crippen molar-refractivity contribution in [2.75, 3.05) is 19.7 Å². The second-order valence-electron chi connectivity index (χ2n) is 6.26. The number of carbonyl (C=O) groups is 1. The normalized spacial score (nSPS) is 19.7. The van der Waals surface area contributed by atoms with Crippen molar-refractivity contribution in [1.29, 1.82) is 0 Å². The summed E-state index contributed by atoms with van der Waals surface area (Å²) in [4.78, 5) is 13.3. The highest BCUT2D eigenvalue weighted by atomic mass is 16.5. The second kappa shape index (κ2) is 7.60. The number of piperidine rings is 1. The van der Waals surface area contributed by atoms with Gasteiger partial charge in [-0.2, -0.15) is 0 Å². The summed E-state index contributed by atoms with van der Waals surface area (Å²) in [5.74, 6) is 1.47. The molecule has 0 saturated carbocycles. The minimum Gasteiger partial charge on any atom is -0.492 e. The van der Waals surface area contributed by atoms with Gasteiger partial charge in [0.25, 0.3) is 0 Å². The number of rotatable bonds is 6. The minimum absolute atomic E-state index is 0.0902. The van der Waals surface area contributed by atoms with E-state index in [1.807, 2.05) is 0 Å². The van der Waals surface area contributed by atoms with Gasteiger partial charge < -0.3 is 9.53 Å². The molecule has 1 aliphatic heterocycles. The van der Waals surface area contributed by atoms with Gasteiger partial charge in [0.2, 0.25) is 0 Å². The average molecular weight is 289 g/mol. The van der Waals surface area contributed by atoms with E-state index in [0.29, 0.717) is 12.5 Å². The Hall–Kier alpha value is -1.35. The van der Waals surface area contributed by atoms with Crippen LogP contribution in [0.2, 0.25) is 0 Å². The molecular formula is C18H27NO2. The monoisotopic (exact) mass is 289 g/mol. The van der Waals surface area contributed by atoms with E-state index in [0.717, 1.165) is 38.0 Å². The van der Waals surface area contributed by atoms with Gasteiger partial charge in [0, 0.05) is 6.54 Å².